The molecule has 19 heavy (non-hydrogen) atoms. The Balaban J connectivity index is 1.77. The third kappa shape index (κ3) is 4.37. The average molecular weight is 283 g/mol. The number of likely N-dealkylation sites (tertiary alicyclic amines) is 1. The predicted molar refractivity (Wildman–Crippen MR) is 79.9 cm³/mol. The SMILES string of the molecule is COc1ccc(CNCC2CCCN(C)C2)cc1Cl. The summed E-state index contributed by atoms with van der Waals surface area (Å²) >= 11 is 6.12. The maximum absolute atomic E-state index is 6.12. The van der Waals surface area contributed by atoms with Gasteiger partial charge in [0, 0.05) is 13.1 Å². The molecule has 1 atom stereocenters. The molecule has 0 amide bonds. The summed E-state index contributed by atoms with van der Waals surface area (Å²) in [6, 6.07) is 5.96. The van der Waals surface area contributed by atoms with Crippen LogP contribution in [0.25, 0.3) is 0 Å². The monoisotopic (exact) mass is 282 g/mol. The highest BCUT2D eigenvalue weighted by molar-refractivity contribution is 6.32. The number of benzene rings is 1. The fourth-order valence-corrected chi connectivity index (χ4v) is 2.96. The van der Waals surface area contributed by atoms with Crippen LogP contribution in [0, 0.1) is 5.92 Å². The number of rotatable bonds is 5. The lowest BCUT2D eigenvalue weighted by Crippen LogP contribution is -2.37. The standard InChI is InChI=1S/C15H23ClN2O/c1-18-7-3-4-13(11-18)10-17-9-12-5-6-15(19-2)14(16)8-12/h5-6,8,13,17H,3-4,7,9-11H2,1-2H3. The first-order chi connectivity index (χ1) is 9.19. The summed E-state index contributed by atoms with van der Waals surface area (Å²) in [6.45, 7) is 4.39. The number of halogens is 1. The number of nitrogens with zero attached hydrogens (tertiary/aromatic N) is 1. The van der Waals surface area contributed by atoms with Gasteiger partial charge in [-0.3, -0.25) is 0 Å². The van der Waals surface area contributed by atoms with E-state index in [0.717, 1.165) is 24.8 Å². The predicted octanol–water partition coefficient (Wildman–Crippen LogP) is 2.78. The van der Waals surface area contributed by atoms with Crippen LogP contribution >= 0.6 is 11.6 Å². The van der Waals surface area contributed by atoms with Crippen molar-refractivity contribution >= 4 is 11.6 Å². The van der Waals surface area contributed by atoms with Gasteiger partial charge in [-0.2, -0.15) is 0 Å². The van der Waals surface area contributed by atoms with Crippen LogP contribution in [0.1, 0.15) is 18.4 Å². The molecule has 0 saturated carbocycles. The second-order valence-electron chi connectivity index (χ2n) is 5.37. The van der Waals surface area contributed by atoms with Crippen molar-refractivity contribution in [2.45, 2.75) is 19.4 Å². The summed E-state index contributed by atoms with van der Waals surface area (Å²) in [5.41, 5.74) is 1.20. The number of methoxy groups -OCH3 is 1. The molecule has 0 bridgehead atoms. The molecule has 0 radical (unpaired) electrons. The fraction of sp³-hybridized carbons (Fsp3) is 0.600. The van der Waals surface area contributed by atoms with Crippen LogP contribution in [0.4, 0.5) is 0 Å². The Labute approximate surface area is 120 Å². The zero-order valence-corrected chi connectivity index (χ0v) is 12.5. The van der Waals surface area contributed by atoms with E-state index in [0.29, 0.717) is 5.02 Å². The van der Waals surface area contributed by atoms with Crippen LogP contribution in [0.3, 0.4) is 0 Å². The van der Waals surface area contributed by atoms with E-state index in [1.54, 1.807) is 7.11 Å². The van der Waals surface area contributed by atoms with Crippen LogP contribution in [0.15, 0.2) is 18.2 Å². The molecule has 1 unspecified atom stereocenters. The first-order valence-electron chi connectivity index (χ1n) is 6.90. The third-order valence-corrected chi connectivity index (χ3v) is 4.00. The molecule has 1 aliphatic heterocycles. The Bertz CT molecular complexity index is 411. The van der Waals surface area contributed by atoms with Gasteiger partial charge in [0.15, 0.2) is 0 Å². The average Bonchev–Trinajstić information content (AvgIpc) is 2.39. The molecule has 1 fully saturated rings. The summed E-state index contributed by atoms with van der Waals surface area (Å²) < 4.78 is 5.15. The van der Waals surface area contributed by atoms with Crippen molar-refractivity contribution in [1.82, 2.24) is 10.2 Å². The van der Waals surface area contributed by atoms with Crippen LogP contribution < -0.4 is 10.1 Å². The van der Waals surface area contributed by atoms with Gasteiger partial charge in [0.05, 0.1) is 12.1 Å². The van der Waals surface area contributed by atoms with E-state index >= 15 is 0 Å². The van der Waals surface area contributed by atoms with Gasteiger partial charge in [-0.05, 0) is 56.6 Å². The summed E-state index contributed by atoms with van der Waals surface area (Å²) in [4.78, 5) is 2.42. The minimum absolute atomic E-state index is 0.680. The fourth-order valence-electron chi connectivity index (χ4n) is 2.68. The largest absolute Gasteiger partial charge is 0.495 e. The Morgan fingerprint density at radius 3 is 3.00 bits per heavy atom. The number of nitrogens with one attached hydrogen (secondary N) is 1. The van der Waals surface area contributed by atoms with E-state index in [-0.39, 0.29) is 0 Å². The molecule has 4 heteroatoms. The van der Waals surface area contributed by atoms with Crippen molar-refractivity contribution < 1.29 is 4.74 Å². The molecule has 1 N–H and O–H groups in total. The Hall–Kier alpha value is -0.770. The molecule has 0 spiro atoms. The number of piperidine rings is 1. The maximum Gasteiger partial charge on any atom is 0.137 e. The number of hydrogen-bond donors (Lipinski definition) is 1. The smallest absolute Gasteiger partial charge is 0.137 e. The van der Waals surface area contributed by atoms with Crippen LogP contribution in [0.5, 0.6) is 5.75 Å². The highest BCUT2D eigenvalue weighted by Gasteiger charge is 2.16. The Morgan fingerprint density at radius 2 is 2.32 bits per heavy atom. The minimum Gasteiger partial charge on any atom is -0.495 e. The molecule has 2 rings (SSSR count). The van der Waals surface area contributed by atoms with Crippen LogP contribution in [-0.4, -0.2) is 38.7 Å². The number of ether oxygens (including phenoxy) is 1. The molecule has 0 aliphatic carbocycles. The van der Waals surface area contributed by atoms with E-state index < -0.39 is 0 Å². The second-order valence-corrected chi connectivity index (χ2v) is 5.78. The van der Waals surface area contributed by atoms with Gasteiger partial charge in [-0.25, -0.2) is 0 Å². The normalized spacial score (nSPS) is 20.5. The zero-order valence-electron chi connectivity index (χ0n) is 11.8. The van der Waals surface area contributed by atoms with Crippen molar-refractivity contribution in [3.8, 4) is 5.75 Å². The van der Waals surface area contributed by atoms with Gasteiger partial charge in [0.25, 0.3) is 0 Å². The van der Waals surface area contributed by atoms with E-state index in [9.17, 15) is 0 Å². The van der Waals surface area contributed by atoms with E-state index in [1.807, 2.05) is 12.1 Å². The Morgan fingerprint density at radius 1 is 1.47 bits per heavy atom. The summed E-state index contributed by atoms with van der Waals surface area (Å²) in [6.07, 6.45) is 2.65. The molecule has 0 aromatic heterocycles. The lowest BCUT2D eigenvalue weighted by molar-refractivity contribution is 0.206. The second kappa shape index (κ2) is 7.13. The third-order valence-electron chi connectivity index (χ3n) is 3.70. The molecule has 1 aromatic rings. The van der Waals surface area contributed by atoms with Gasteiger partial charge in [0.2, 0.25) is 0 Å². The molecule has 1 aliphatic rings. The topological polar surface area (TPSA) is 24.5 Å². The first-order valence-corrected chi connectivity index (χ1v) is 7.28. The van der Waals surface area contributed by atoms with E-state index in [2.05, 4.69) is 23.3 Å². The maximum atomic E-state index is 6.12. The van der Waals surface area contributed by atoms with Gasteiger partial charge in [0.1, 0.15) is 5.75 Å². The lowest BCUT2D eigenvalue weighted by Gasteiger charge is -2.29. The van der Waals surface area contributed by atoms with Crippen molar-refractivity contribution in [3.63, 3.8) is 0 Å². The van der Waals surface area contributed by atoms with Crippen molar-refractivity contribution in [2.24, 2.45) is 5.92 Å². The van der Waals surface area contributed by atoms with Gasteiger partial charge < -0.3 is 15.0 Å². The Kier molecular flexibility index (Phi) is 5.49. The van der Waals surface area contributed by atoms with E-state index in [1.165, 1.54) is 31.5 Å². The molecular formula is C15H23ClN2O. The van der Waals surface area contributed by atoms with E-state index in [4.69, 9.17) is 16.3 Å². The minimum atomic E-state index is 0.680. The highest BCUT2D eigenvalue weighted by Crippen LogP contribution is 2.24. The highest BCUT2D eigenvalue weighted by atomic mass is 35.5. The molecule has 3 nitrogen and oxygen atoms in total. The lowest BCUT2D eigenvalue weighted by atomic mass is 9.98. The quantitative estimate of drug-likeness (QED) is 0.899. The molecule has 1 aromatic carbocycles. The summed E-state index contributed by atoms with van der Waals surface area (Å²) in [7, 11) is 3.84. The van der Waals surface area contributed by atoms with Gasteiger partial charge >= 0.3 is 0 Å². The summed E-state index contributed by atoms with van der Waals surface area (Å²) in [5, 5.41) is 4.21. The van der Waals surface area contributed by atoms with Crippen molar-refractivity contribution in [1.29, 1.82) is 0 Å². The molecule has 1 saturated heterocycles. The molecular weight excluding hydrogens is 260 g/mol. The van der Waals surface area contributed by atoms with Crippen LogP contribution in [0.2, 0.25) is 5.02 Å². The molecule has 1 heterocycles. The van der Waals surface area contributed by atoms with Crippen molar-refractivity contribution in [3.05, 3.63) is 28.8 Å². The summed E-state index contributed by atoms with van der Waals surface area (Å²) in [5.74, 6) is 1.51. The first kappa shape index (κ1) is 14.6. The van der Waals surface area contributed by atoms with Gasteiger partial charge in [-0.1, -0.05) is 17.7 Å². The van der Waals surface area contributed by atoms with Gasteiger partial charge in [-0.15, -0.1) is 0 Å². The number of hydrogen-bond acceptors (Lipinski definition) is 3. The van der Waals surface area contributed by atoms with Crippen LogP contribution in [-0.2, 0) is 6.54 Å². The zero-order chi connectivity index (χ0) is 13.7. The van der Waals surface area contributed by atoms with Crippen molar-refractivity contribution in [2.75, 3.05) is 33.8 Å². The molecule has 106 valence electrons.